The largest absolute Gasteiger partial charge is 0.494 e. The highest BCUT2D eigenvalue weighted by Gasteiger charge is 2.10. The van der Waals surface area contributed by atoms with E-state index in [4.69, 9.17) is 4.74 Å². The number of nitrogens with one attached hydrogen (secondary N) is 1. The first-order valence-electron chi connectivity index (χ1n) is 7.75. The van der Waals surface area contributed by atoms with Crippen LogP contribution in [-0.2, 0) is 6.61 Å². The molecule has 24 heavy (non-hydrogen) atoms. The van der Waals surface area contributed by atoms with Crippen LogP contribution in [0, 0.1) is 0 Å². The van der Waals surface area contributed by atoms with E-state index in [1.165, 1.54) is 0 Å². The molecule has 0 fully saturated rings. The number of pyridine rings is 1. The number of hydrogen-bond donors (Lipinski definition) is 2. The Hall–Kier alpha value is -2.92. The molecule has 0 unspecified atom stereocenters. The van der Waals surface area contributed by atoms with E-state index in [2.05, 4.69) is 10.3 Å². The van der Waals surface area contributed by atoms with Crippen molar-refractivity contribution in [2.45, 2.75) is 13.5 Å². The maximum atomic E-state index is 12.4. The molecule has 0 aliphatic carbocycles. The highest BCUT2D eigenvalue weighted by atomic mass is 16.5. The van der Waals surface area contributed by atoms with Crippen LogP contribution in [0.2, 0.25) is 0 Å². The van der Waals surface area contributed by atoms with Gasteiger partial charge in [-0.15, -0.1) is 0 Å². The first-order valence-corrected chi connectivity index (χ1v) is 7.75. The molecule has 0 saturated carbocycles. The number of aliphatic hydroxyl groups is 1. The maximum Gasteiger partial charge on any atom is 0.274 e. The molecular weight excluding hydrogens is 304 g/mol. The second-order valence-corrected chi connectivity index (χ2v) is 5.26. The van der Waals surface area contributed by atoms with Crippen molar-refractivity contribution >= 4 is 22.5 Å². The number of aliphatic hydroxyl groups excluding tert-OH is 1. The molecule has 5 heteroatoms. The standard InChI is InChI=1S/C19H18N2O3/c1-2-24-18-10-8-15(11-14(18)12-22)20-19(23)17-9-7-13-5-3-4-6-16(13)21-17/h3-11,22H,2,12H2,1H3,(H,20,23). The lowest BCUT2D eigenvalue weighted by molar-refractivity contribution is 0.102. The molecule has 3 rings (SSSR count). The van der Waals surface area contributed by atoms with Gasteiger partial charge in [0.1, 0.15) is 11.4 Å². The number of carbonyl (C=O) groups is 1. The van der Waals surface area contributed by atoms with Gasteiger partial charge in [0, 0.05) is 16.6 Å². The summed E-state index contributed by atoms with van der Waals surface area (Å²) < 4.78 is 5.44. The first-order chi connectivity index (χ1) is 11.7. The molecule has 0 bridgehead atoms. The van der Waals surface area contributed by atoms with E-state index in [1.54, 1.807) is 24.3 Å². The molecule has 2 aromatic carbocycles. The molecule has 0 spiro atoms. The highest BCUT2D eigenvalue weighted by molar-refractivity contribution is 6.04. The predicted molar refractivity (Wildman–Crippen MR) is 93.2 cm³/mol. The summed E-state index contributed by atoms with van der Waals surface area (Å²) in [6, 6.07) is 16.4. The third-order valence-corrected chi connectivity index (χ3v) is 3.62. The van der Waals surface area contributed by atoms with Gasteiger partial charge in [-0.1, -0.05) is 24.3 Å². The number of anilines is 1. The summed E-state index contributed by atoms with van der Waals surface area (Å²) in [5.41, 5.74) is 2.32. The number of ether oxygens (including phenoxy) is 1. The van der Waals surface area contributed by atoms with E-state index < -0.39 is 0 Å². The van der Waals surface area contributed by atoms with Crippen LogP contribution in [0.4, 0.5) is 5.69 Å². The van der Waals surface area contributed by atoms with Crippen LogP contribution < -0.4 is 10.1 Å². The Bertz CT molecular complexity index is 877. The zero-order valence-corrected chi connectivity index (χ0v) is 13.3. The van der Waals surface area contributed by atoms with Gasteiger partial charge in [-0.3, -0.25) is 4.79 Å². The van der Waals surface area contributed by atoms with Gasteiger partial charge in [-0.25, -0.2) is 4.98 Å². The summed E-state index contributed by atoms with van der Waals surface area (Å²) in [6.07, 6.45) is 0. The first kappa shape index (κ1) is 16.0. The molecule has 0 saturated heterocycles. The Balaban J connectivity index is 1.82. The normalized spacial score (nSPS) is 10.6. The number of amides is 1. The van der Waals surface area contributed by atoms with E-state index in [0.29, 0.717) is 29.3 Å². The number of aromatic nitrogens is 1. The van der Waals surface area contributed by atoms with E-state index in [1.807, 2.05) is 37.3 Å². The maximum absolute atomic E-state index is 12.4. The van der Waals surface area contributed by atoms with Crippen molar-refractivity contribution in [3.63, 3.8) is 0 Å². The van der Waals surface area contributed by atoms with Gasteiger partial charge in [0.05, 0.1) is 18.7 Å². The minimum absolute atomic E-state index is 0.159. The number of fused-ring (bicyclic) bond motifs is 1. The van der Waals surface area contributed by atoms with Crippen LogP contribution in [0.25, 0.3) is 10.9 Å². The summed E-state index contributed by atoms with van der Waals surface area (Å²) in [6.45, 7) is 2.23. The van der Waals surface area contributed by atoms with E-state index in [9.17, 15) is 9.90 Å². The van der Waals surface area contributed by atoms with Crippen LogP contribution in [-0.4, -0.2) is 22.6 Å². The minimum Gasteiger partial charge on any atom is -0.494 e. The van der Waals surface area contributed by atoms with Crippen molar-refractivity contribution in [1.82, 2.24) is 4.98 Å². The van der Waals surface area contributed by atoms with Crippen molar-refractivity contribution in [2.24, 2.45) is 0 Å². The Labute approximate surface area is 139 Å². The number of para-hydroxylation sites is 1. The van der Waals surface area contributed by atoms with Crippen LogP contribution in [0.3, 0.4) is 0 Å². The van der Waals surface area contributed by atoms with Gasteiger partial charge in [0.15, 0.2) is 0 Å². The number of nitrogens with zero attached hydrogens (tertiary/aromatic N) is 1. The highest BCUT2D eigenvalue weighted by Crippen LogP contribution is 2.23. The smallest absolute Gasteiger partial charge is 0.274 e. The van der Waals surface area contributed by atoms with Crippen LogP contribution in [0.1, 0.15) is 23.0 Å². The molecule has 0 atom stereocenters. The third kappa shape index (κ3) is 3.36. The van der Waals surface area contributed by atoms with E-state index in [-0.39, 0.29) is 12.5 Å². The molecule has 0 radical (unpaired) electrons. The summed E-state index contributed by atoms with van der Waals surface area (Å²) in [5.74, 6) is 0.315. The fraction of sp³-hybridized carbons (Fsp3) is 0.158. The minimum atomic E-state index is -0.297. The zero-order chi connectivity index (χ0) is 16.9. The lowest BCUT2D eigenvalue weighted by Crippen LogP contribution is -2.14. The molecule has 122 valence electrons. The Morgan fingerprint density at radius 3 is 2.79 bits per heavy atom. The topological polar surface area (TPSA) is 71.5 Å². The van der Waals surface area contributed by atoms with Gasteiger partial charge in [0.25, 0.3) is 5.91 Å². The Kier molecular flexibility index (Phi) is 4.72. The van der Waals surface area contributed by atoms with Crippen molar-refractivity contribution in [3.05, 3.63) is 65.9 Å². The average molecular weight is 322 g/mol. The fourth-order valence-corrected chi connectivity index (χ4v) is 2.46. The van der Waals surface area contributed by atoms with Crippen LogP contribution >= 0.6 is 0 Å². The molecule has 1 heterocycles. The molecule has 1 aromatic heterocycles. The summed E-state index contributed by atoms with van der Waals surface area (Å²) in [7, 11) is 0. The van der Waals surface area contributed by atoms with Crippen molar-refractivity contribution in [2.75, 3.05) is 11.9 Å². The number of carbonyl (C=O) groups excluding carboxylic acids is 1. The molecule has 0 aliphatic rings. The zero-order valence-electron chi connectivity index (χ0n) is 13.3. The second-order valence-electron chi connectivity index (χ2n) is 5.26. The Morgan fingerprint density at radius 2 is 2.00 bits per heavy atom. The summed E-state index contributed by atoms with van der Waals surface area (Å²) in [4.78, 5) is 16.8. The van der Waals surface area contributed by atoms with Gasteiger partial charge < -0.3 is 15.2 Å². The molecule has 1 amide bonds. The van der Waals surface area contributed by atoms with Crippen LogP contribution in [0.5, 0.6) is 5.75 Å². The second kappa shape index (κ2) is 7.10. The lowest BCUT2D eigenvalue weighted by Gasteiger charge is -2.11. The summed E-state index contributed by atoms with van der Waals surface area (Å²) >= 11 is 0. The molecule has 2 N–H and O–H groups in total. The van der Waals surface area contributed by atoms with Crippen molar-refractivity contribution in [1.29, 1.82) is 0 Å². The monoisotopic (exact) mass is 322 g/mol. The van der Waals surface area contributed by atoms with Crippen molar-refractivity contribution < 1.29 is 14.6 Å². The number of rotatable bonds is 5. The van der Waals surface area contributed by atoms with Gasteiger partial charge in [-0.05, 0) is 37.3 Å². The predicted octanol–water partition coefficient (Wildman–Crippen LogP) is 3.38. The molecule has 0 aliphatic heterocycles. The quantitative estimate of drug-likeness (QED) is 0.755. The van der Waals surface area contributed by atoms with Gasteiger partial charge in [-0.2, -0.15) is 0 Å². The third-order valence-electron chi connectivity index (χ3n) is 3.62. The molecule has 3 aromatic rings. The average Bonchev–Trinajstić information content (AvgIpc) is 2.62. The van der Waals surface area contributed by atoms with E-state index >= 15 is 0 Å². The summed E-state index contributed by atoms with van der Waals surface area (Å²) in [5, 5.41) is 13.2. The Morgan fingerprint density at radius 1 is 1.17 bits per heavy atom. The SMILES string of the molecule is CCOc1ccc(NC(=O)c2ccc3ccccc3n2)cc1CO. The number of hydrogen-bond acceptors (Lipinski definition) is 4. The molecule has 5 nitrogen and oxygen atoms in total. The van der Waals surface area contributed by atoms with E-state index in [0.717, 1.165) is 10.9 Å². The number of benzene rings is 2. The van der Waals surface area contributed by atoms with Crippen LogP contribution in [0.15, 0.2) is 54.6 Å². The van der Waals surface area contributed by atoms with Crippen molar-refractivity contribution in [3.8, 4) is 5.75 Å². The lowest BCUT2D eigenvalue weighted by atomic mass is 10.1. The van der Waals surface area contributed by atoms with Gasteiger partial charge >= 0.3 is 0 Å². The van der Waals surface area contributed by atoms with Gasteiger partial charge in [0.2, 0.25) is 0 Å². The fourth-order valence-electron chi connectivity index (χ4n) is 2.46. The molecular formula is C19H18N2O3.